The Balaban J connectivity index is 2.00. The number of anilines is 1. The SMILES string of the molecule is Cc1ccc(S(=O)(=O)Nc2ccc3c(c2)sc(=O)n3C(C)C)cc1Cl. The number of nitrogens with zero attached hydrogens (tertiary/aromatic N) is 1. The molecule has 0 unspecified atom stereocenters. The zero-order valence-corrected chi connectivity index (χ0v) is 16.3. The molecule has 25 heavy (non-hydrogen) atoms. The summed E-state index contributed by atoms with van der Waals surface area (Å²) in [4.78, 5) is 12.1. The van der Waals surface area contributed by atoms with Crippen LogP contribution in [-0.2, 0) is 10.0 Å². The maximum absolute atomic E-state index is 12.5. The molecule has 0 bridgehead atoms. The average Bonchev–Trinajstić information content (AvgIpc) is 2.84. The monoisotopic (exact) mass is 396 g/mol. The first-order valence-corrected chi connectivity index (χ1v) is 10.3. The van der Waals surface area contributed by atoms with Crippen LogP contribution in [0.3, 0.4) is 0 Å². The fourth-order valence-corrected chi connectivity index (χ4v) is 4.92. The summed E-state index contributed by atoms with van der Waals surface area (Å²) in [7, 11) is -3.76. The van der Waals surface area contributed by atoms with Gasteiger partial charge in [0.15, 0.2) is 0 Å². The number of nitrogens with one attached hydrogen (secondary N) is 1. The topological polar surface area (TPSA) is 68.2 Å². The Hall–Kier alpha value is -1.83. The van der Waals surface area contributed by atoms with Gasteiger partial charge in [-0.25, -0.2) is 8.42 Å². The van der Waals surface area contributed by atoms with E-state index in [-0.39, 0.29) is 15.8 Å². The van der Waals surface area contributed by atoms with E-state index in [0.717, 1.165) is 27.1 Å². The molecule has 0 saturated heterocycles. The minimum Gasteiger partial charge on any atom is -0.296 e. The number of fused-ring (bicyclic) bond motifs is 1. The number of thiazole rings is 1. The maximum atomic E-state index is 12.5. The van der Waals surface area contributed by atoms with Crippen molar-refractivity contribution in [3.05, 3.63) is 56.7 Å². The second-order valence-electron chi connectivity index (χ2n) is 6.03. The van der Waals surface area contributed by atoms with E-state index in [0.29, 0.717) is 10.7 Å². The van der Waals surface area contributed by atoms with Crippen LogP contribution in [0.5, 0.6) is 0 Å². The molecule has 0 amide bonds. The van der Waals surface area contributed by atoms with E-state index in [4.69, 9.17) is 11.6 Å². The molecule has 8 heteroatoms. The molecule has 0 atom stereocenters. The predicted molar refractivity (Wildman–Crippen MR) is 103 cm³/mol. The fraction of sp³-hybridized carbons (Fsp3) is 0.235. The summed E-state index contributed by atoms with van der Waals surface area (Å²) in [6.45, 7) is 5.68. The van der Waals surface area contributed by atoms with Gasteiger partial charge in [0.2, 0.25) is 0 Å². The number of aryl methyl sites for hydroxylation is 1. The molecule has 3 rings (SSSR count). The van der Waals surface area contributed by atoms with Gasteiger partial charge in [-0.3, -0.25) is 14.1 Å². The molecule has 3 aromatic rings. The number of benzene rings is 2. The molecule has 2 aromatic carbocycles. The average molecular weight is 397 g/mol. The van der Waals surface area contributed by atoms with Crippen LogP contribution in [0.4, 0.5) is 5.69 Å². The number of halogens is 1. The predicted octanol–water partition coefficient (Wildman–Crippen LogP) is 4.41. The molecule has 132 valence electrons. The van der Waals surface area contributed by atoms with Crippen molar-refractivity contribution in [1.29, 1.82) is 0 Å². The quantitative estimate of drug-likeness (QED) is 0.710. The van der Waals surface area contributed by atoms with Crippen molar-refractivity contribution < 1.29 is 8.42 Å². The highest BCUT2D eigenvalue weighted by atomic mass is 35.5. The van der Waals surface area contributed by atoms with Crippen LogP contribution in [0.15, 0.2) is 46.1 Å². The van der Waals surface area contributed by atoms with Crippen molar-refractivity contribution in [2.75, 3.05) is 4.72 Å². The summed E-state index contributed by atoms with van der Waals surface area (Å²) >= 11 is 7.12. The zero-order chi connectivity index (χ0) is 18.4. The van der Waals surface area contributed by atoms with E-state index >= 15 is 0 Å². The van der Waals surface area contributed by atoms with Gasteiger partial charge in [0.25, 0.3) is 10.0 Å². The van der Waals surface area contributed by atoms with Crippen molar-refractivity contribution in [1.82, 2.24) is 4.57 Å². The summed E-state index contributed by atoms with van der Waals surface area (Å²) in [6.07, 6.45) is 0. The van der Waals surface area contributed by atoms with Gasteiger partial charge in [0.05, 0.1) is 20.8 Å². The number of sulfonamides is 1. The smallest absolute Gasteiger partial charge is 0.296 e. The number of hydrogen-bond acceptors (Lipinski definition) is 4. The molecular formula is C17H17ClN2O3S2. The first kappa shape index (κ1) is 18.0. The van der Waals surface area contributed by atoms with Crippen LogP contribution >= 0.6 is 22.9 Å². The Morgan fingerprint density at radius 3 is 2.52 bits per heavy atom. The van der Waals surface area contributed by atoms with Gasteiger partial charge in [-0.2, -0.15) is 0 Å². The van der Waals surface area contributed by atoms with E-state index in [1.807, 2.05) is 13.8 Å². The van der Waals surface area contributed by atoms with E-state index in [1.54, 1.807) is 35.8 Å². The second-order valence-corrected chi connectivity index (χ2v) is 9.11. The second kappa shape index (κ2) is 6.48. The van der Waals surface area contributed by atoms with E-state index in [1.165, 1.54) is 12.1 Å². The van der Waals surface area contributed by atoms with Crippen molar-refractivity contribution in [3.8, 4) is 0 Å². The van der Waals surface area contributed by atoms with Gasteiger partial charge < -0.3 is 0 Å². The molecule has 1 heterocycles. The number of hydrogen-bond donors (Lipinski definition) is 1. The van der Waals surface area contributed by atoms with Gasteiger partial charge >= 0.3 is 4.87 Å². The molecule has 5 nitrogen and oxygen atoms in total. The minimum absolute atomic E-state index is 0.0403. The molecule has 0 aliphatic heterocycles. The Morgan fingerprint density at radius 1 is 1.16 bits per heavy atom. The van der Waals surface area contributed by atoms with Crippen LogP contribution in [0.2, 0.25) is 5.02 Å². The number of rotatable bonds is 4. The first-order chi connectivity index (χ1) is 11.7. The third kappa shape index (κ3) is 3.44. The van der Waals surface area contributed by atoms with Crippen LogP contribution in [0.1, 0.15) is 25.5 Å². The highest BCUT2D eigenvalue weighted by Crippen LogP contribution is 2.26. The lowest BCUT2D eigenvalue weighted by atomic mass is 10.2. The van der Waals surface area contributed by atoms with Crippen LogP contribution in [0, 0.1) is 6.92 Å². The summed E-state index contributed by atoms with van der Waals surface area (Å²) in [5, 5.41) is 0.394. The Labute approximate surface area is 154 Å². The van der Waals surface area contributed by atoms with Crippen molar-refractivity contribution in [2.24, 2.45) is 0 Å². The summed E-state index contributed by atoms with van der Waals surface area (Å²) in [5.41, 5.74) is 2.01. The lowest BCUT2D eigenvalue weighted by Crippen LogP contribution is -2.14. The van der Waals surface area contributed by atoms with Gasteiger partial charge in [0.1, 0.15) is 0 Å². The van der Waals surface area contributed by atoms with Gasteiger partial charge in [-0.05, 0) is 56.7 Å². The molecule has 0 spiro atoms. The van der Waals surface area contributed by atoms with Gasteiger partial charge in [0, 0.05) is 11.1 Å². The van der Waals surface area contributed by atoms with Crippen LogP contribution in [-0.4, -0.2) is 13.0 Å². The molecule has 0 aliphatic carbocycles. The van der Waals surface area contributed by atoms with Crippen LogP contribution < -0.4 is 9.60 Å². The summed E-state index contributed by atoms with van der Waals surface area (Å²) < 4.78 is 30.1. The molecule has 1 aromatic heterocycles. The molecule has 0 saturated carbocycles. The number of aromatic nitrogens is 1. The normalized spacial score (nSPS) is 12.0. The molecule has 1 N–H and O–H groups in total. The maximum Gasteiger partial charge on any atom is 0.308 e. The Morgan fingerprint density at radius 2 is 1.88 bits per heavy atom. The van der Waals surface area contributed by atoms with Crippen molar-refractivity contribution in [2.45, 2.75) is 31.7 Å². The third-order valence-electron chi connectivity index (χ3n) is 3.84. The zero-order valence-electron chi connectivity index (χ0n) is 13.9. The Kier molecular flexibility index (Phi) is 4.66. The lowest BCUT2D eigenvalue weighted by Gasteiger charge is -2.10. The fourth-order valence-electron chi connectivity index (χ4n) is 2.54. The third-order valence-corrected chi connectivity index (χ3v) is 6.54. The van der Waals surface area contributed by atoms with Crippen LogP contribution in [0.25, 0.3) is 10.2 Å². The van der Waals surface area contributed by atoms with E-state index in [2.05, 4.69) is 4.72 Å². The van der Waals surface area contributed by atoms with Crippen molar-refractivity contribution in [3.63, 3.8) is 0 Å². The molecule has 0 aliphatic rings. The highest BCUT2D eigenvalue weighted by Gasteiger charge is 2.17. The molecular weight excluding hydrogens is 380 g/mol. The van der Waals surface area contributed by atoms with E-state index < -0.39 is 10.0 Å². The summed E-state index contributed by atoms with van der Waals surface area (Å²) in [6, 6.07) is 9.72. The first-order valence-electron chi connectivity index (χ1n) is 7.63. The van der Waals surface area contributed by atoms with Crippen molar-refractivity contribution >= 4 is 48.9 Å². The minimum atomic E-state index is -3.76. The summed E-state index contributed by atoms with van der Waals surface area (Å²) in [5.74, 6) is 0. The largest absolute Gasteiger partial charge is 0.308 e. The van der Waals surface area contributed by atoms with Gasteiger partial charge in [-0.1, -0.05) is 29.0 Å². The Bertz CT molecular complexity index is 1110. The van der Waals surface area contributed by atoms with E-state index in [9.17, 15) is 13.2 Å². The van der Waals surface area contributed by atoms with Gasteiger partial charge in [-0.15, -0.1) is 0 Å². The lowest BCUT2D eigenvalue weighted by molar-refractivity contribution is 0.601. The molecule has 0 radical (unpaired) electrons. The molecule has 0 fully saturated rings. The standard InChI is InChI=1S/C17H17ClN2O3S2/c1-10(2)20-15-7-5-12(8-16(15)24-17(20)21)19-25(22,23)13-6-4-11(3)14(18)9-13/h4-10,19H,1-3H3. The highest BCUT2D eigenvalue weighted by molar-refractivity contribution is 7.92.